The number of hydrogen-bond donors (Lipinski definition) is 1. The van der Waals surface area contributed by atoms with E-state index in [9.17, 15) is 4.39 Å². The Kier molecular flexibility index (Phi) is 2.91. The lowest BCUT2D eigenvalue weighted by atomic mass is 10.3. The zero-order valence-electron chi connectivity index (χ0n) is 10.3. The number of anilines is 1. The third kappa shape index (κ3) is 2.06. The van der Waals surface area contributed by atoms with Crippen LogP contribution in [0.5, 0.6) is 0 Å². The van der Waals surface area contributed by atoms with Crippen LogP contribution < -0.4 is 5.73 Å². The van der Waals surface area contributed by atoms with Crippen molar-refractivity contribution in [2.45, 2.75) is 19.4 Å². The van der Waals surface area contributed by atoms with E-state index in [0.717, 1.165) is 37.2 Å². The number of imidazole rings is 1. The predicted octanol–water partition coefficient (Wildman–Crippen LogP) is 1.85. The van der Waals surface area contributed by atoms with Gasteiger partial charge in [-0.05, 0) is 44.1 Å². The summed E-state index contributed by atoms with van der Waals surface area (Å²) in [6.45, 7) is 4.03. The van der Waals surface area contributed by atoms with Crippen LogP contribution in [0.2, 0.25) is 0 Å². The van der Waals surface area contributed by atoms with Crippen molar-refractivity contribution in [2.24, 2.45) is 0 Å². The van der Waals surface area contributed by atoms with Gasteiger partial charge in [-0.15, -0.1) is 0 Å². The maximum Gasteiger partial charge on any atom is 0.201 e. The van der Waals surface area contributed by atoms with Gasteiger partial charge in [0.2, 0.25) is 5.95 Å². The molecule has 18 heavy (non-hydrogen) atoms. The van der Waals surface area contributed by atoms with Gasteiger partial charge in [0.25, 0.3) is 0 Å². The van der Waals surface area contributed by atoms with Crippen molar-refractivity contribution in [1.82, 2.24) is 14.5 Å². The first-order valence-corrected chi connectivity index (χ1v) is 6.38. The smallest absolute Gasteiger partial charge is 0.201 e. The lowest BCUT2D eigenvalue weighted by Gasteiger charge is -2.15. The fourth-order valence-electron chi connectivity index (χ4n) is 2.60. The molecule has 3 rings (SSSR count). The maximum atomic E-state index is 13.3. The quantitative estimate of drug-likeness (QED) is 0.901. The molecule has 0 bridgehead atoms. The summed E-state index contributed by atoms with van der Waals surface area (Å²) in [4.78, 5) is 6.66. The van der Waals surface area contributed by atoms with Gasteiger partial charge in [0.05, 0.1) is 11.0 Å². The Hall–Kier alpha value is -1.62. The number of fused-ring (bicyclic) bond motifs is 1. The molecule has 1 fully saturated rings. The topological polar surface area (TPSA) is 47.1 Å². The SMILES string of the molecule is Nc1nc2ccc(F)cc2n1CCN1CCCC1. The number of likely N-dealkylation sites (tertiary alicyclic amines) is 1. The van der Waals surface area contributed by atoms with Gasteiger partial charge in [0.15, 0.2) is 0 Å². The lowest BCUT2D eigenvalue weighted by Crippen LogP contribution is -2.24. The van der Waals surface area contributed by atoms with E-state index in [1.807, 2.05) is 4.57 Å². The standard InChI is InChI=1S/C13H17FN4/c14-10-3-4-11-12(9-10)18(13(15)16-11)8-7-17-5-1-2-6-17/h3-4,9H,1-2,5-8H2,(H2,15,16). The third-order valence-electron chi connectivity index (χ3n) is 3.58. The Balaban J connectivity index is 1.85. The molecule has 0 amide bonds. The molecule has 0 spiro atoms. The van der Waals surface area contributed by atoms with Crippen LogP contribution in [0.3, 0.4) is 0 Å². The van der Waals surface area contributed by atoms with E-state index < -0.39 is 0 Å². The summed E-state index contributed by atoms with van der Waals surface area (Å²) in [6.07, 6.45) is 2.55. The maximum absolute atomic E-state index is 13.3. The van der Waals surface area contributed by atoms with Crippen molar-refractivity contribution in [3.8, 4) is 0 Å². The van der Waals surface area contributed by atoms with Crippen LogP contribution in [0.15, 0.2) is 18.2 Å². The molecule has 1 aromatic heterocycles. The monoisotopic (exact) mass is 248 g/mol. The molecule has 5 heteroatoms. The second kappa shape index (κ2) is 4.57. The molecule has 1 aromatic carbocycles. The normalized spacial score (nSPS) is 16.7. The van der Waals surface area contributed by atoms with Gasteiger partial charge in [-0.2, -0.15) is 0 Å². The Morgan fingerprint density at radius 3 is 2.78 bits per heavy atom. The van der Waals surface area contributed by atoms with Crippen molar-refractivity contribution < 1.29 is 4.39 Å². The third-order valence-corrected chi connectivity index (χ3v) is 3.58. The first-order valence-electron chi connectivity index (χ1n) is 6.38. The molecule has 0 aliphatic carbocycles. The van der Waals surface area contributed by atoms with Gasteiger partial charge in [-0.1, -0.05) is 0 Å². The summed E-state index contributed by atoms with van der Waals surface area (Å²) >= 11 is 0. The number of benzene rings is 1. The molecule has 1 aliphatic rings. The Morgan fingerprint density at radius 2 is 2.00 bits per heavy atom. The molecule has 4 nitrogen and oxygen atoms in total. The Labute approximate surface area is 105 Å². The minimum Gasteiger partial charge on any atom is -0.369 e. The van der Waals surface area contributed by atoms with Crippen molar-refractivity contribution in [2.75, 3.05) is 25.4 Å². The van der Waals surface area contributed by atoms with Crippen LogP contribution in [-0.4, -0.2) is 34.1 Å². The van der Waals surface area contributed by atoms with Gasteiger partial charge < -0.3 is 15.2 Å². The minimum absolute atomic E-state index is 0.246. The molecule has 0 atom stereocenters. The molecule has 0 radical (unpaired) electrons. The number of nitrogen functional groups attached to an aromatic ring is 1. The molecule has 0 saturated carbocycles. The Bertz CT molecular complexity index is 557. The highest BCUT2D eigenvalue weighted by Gasteiger charge is 2.13. The molecule has 96 valence electrons. The van der Waals surface area contributed by atoms with Crippen LogP contribution in [0.4, 0.5) is 10.3 Å². The molecule has 2 N–H and O–H groups in total. The second-order valence-electron chi connectivity index (χ2n) is 4.80. The fraction of sp³-hybridized carbons (Fsp3) is 0.462. The van der Waals surface area contributed by atoms with Gasteiger partial charge in [-0.3, -0.25) is 0 Å². The van der Waals surface area contributed by atoms with E-state index in [1.54, 1.807) is 6.07 Å². The summed E-state index contributed by atoms with van der Waals surface area (Å²) in [6, 6.07) is 4.59. The summed E-state index contributed by atoms with van der Waals surface area (Å²) in [7, 11) is 0. The molecular formula is C13H17FN4. The summed E-state index contributed by atoms with van der Waals surface area (Å²) < 4.78 is 15.2. The number of nitrogens with zero attached hydrogens (tertiary/aromatic N) is 3. The average Bonchev–Trinajstić information content (AvgIpc) is 2.94. The second-order valence-corrected chi connectivity index (χ2v) is 4.80. The number of halogens is 1. The van der Waals surface area contributed by atoms with E-state index in [4.69, 9.17) is 5.73 Å². The molecule has 1 aliphatic heterocycles. The minimum atomic E-state index is -0.246. The molecule has 1 saturated heterocycles. The number of rotatable bonds is 3. The van der Waals surface area contributed by atoms with Gasteiger partial charge >= 0.3 is 0 Å². The van der Waals surface area contributed by atoms with Crippen LogP contribution >= 0.6 is 0 Å². The summed E-state index contributed by atoms with van der Waals surface area (Å²) in [5.74, 6) is 0.222. The fourth-order valence-corrected chi connectivity index (χ4v) is 2.60. The molecular weight excluding hydrogens is 231 g/mol. The van der Waals surface area contributed by atoms with E-state index in [2.05, 4.69) is 9.88 Å². The highest BCUT2D eigenvalue weighted by atomic mass is 19.1. The lowest BCUT2D eigenvalue weighted by molar-refractivity contribution is 0.325. The summed E-state index contributed by atoms with van der Waals surface area (Å²) in [5, 5.41) is 0. The van der Waals surface area contributed by atoms with Crippen LogP contribution in [0, 0.1) is 5.82 Å². The van der Waals surface area contributed by atoms with Gasteiger partial charge in [0.1, 0.15) is 5.82 Å². The molecule has 2 aromatic rings. The Morgan fingerprint density at radius 1 is 1.22 bits per heavy atom. The average molecular weight is 248 g/mol. The molecule has 0 unspecified atom stereocenters. The van der Waals surface area contributed by atoms with Crippen molar-refractivity contribution in [1.29, 1.82) is 0 Å². The number of aromatic nitrogens is 2. The largest absolute Gasteiger partial charge is 0.369 e. The number of nitrogens with two attached hydrogens (primary N) is 1. The number of hydrogen-bond acceptors (Lipinski definition) is 3. The van der Waals surface area contributed by atoms with E-state index in [-0.39, 0.29) is 5.82 Å². The van der Waals surface area contributed by atoms with Crippen molar-refractivity contribution in [3.05, 3.63) is 24.0 Å². The van der Waals surface area contributed by atoms with Gasteiger partial charge in [0, 0.05) is 13.1 Å². The van der Waals surface area contributed by atoms with Crippen LogP contribution in [-0.2, 0) is 6.54 Å². The zero-order valence-corrected chi connectivity index (χ0v) is 10.3. The van der Waals surface area contributed by atoms with Crippen molar-refractivity contribution in [3.63, 3.8) is 0 Å². The van der Waals surface area contributed by atoms with Crippen molar-refractivity contribution >= 4 is 17.0 Å². The highest BCUT2D eigenvalue weighted by molar-refractivity contribution is 5.78. The predicted molar refractivity (Wildman–Crippen MR) is 69.8 cm³/mol. The van der Waals surface area contributed by atoms with E-state index in [0.29, 0.717) is 5.95 Å². The zero-order chi connectivity index (χ0) is 12.5. The summed E-state index contributed by atoms with van der Waals surface area (Å²) in [5.41, 5.74) is 7.44. The van der Waals surface area contributed by atoms with Crippen LogP contribution in [0.25, 0.3) is 11.0 Å². The first kappa shape index (κ1) is 11.5. The molecule has 2 heterocycles. The highest BCUT2D eigenvalue weighted by Crippen LogP contribution is 2.19. The van der Waals surface area contributed by atoms with Crippen LogP contribution in [0.1, 0.15) is 12.8 Å². The van der Waals surface area contributed by atoms with Gasteiger partial charge in [-0.25, -0.2) is 9.37 Å². The van der Waals surface area contributed by atoms with E-state index >= 15 is 0 Å². The first-order chi connectivity index (χ1) is 8.74. The van der Waals surface area contributed by atoms with E-state index in [1.165, 1.54) is 25.0 Å².